The summed E-state index contributed by atoms with van der Waals surface area (Å²) in [6, 6.07) is 3.68. The second-order valence-corrected chi connectivity index (χ2v) is 6.92. The number of carbonyl (C=O) groups is 3. The van der Waals surface area contributed by atoms with Gasteiger partial charge in [0.2, 0.25) is 5.91 Å². The van der Waals surface area contributed by atoms with Crippen LogP contribution in [0.15, 0.2) is 18.2 Å². The molecule has 0 saturated heterocycles. The van der Waals surface area contributed by atoms with Gasteiger partial charge in [-0.15, -0.1) is 0 Å². The lowest BCUT2D eigenvalue weighted by atomic mass is 10.0. The number of rotatable bonds is 5. The molecule has 3 amide bonds. The fraction of sp³-hybridized carbons (Fsp3) is 0.438. The van der Waals surface area contributed by atoms with Crippen LogP contribution in [0.1, 0.15) is 37.0 Å². The Bertz CT molecular complexity index is 660. The Morgan fingerprint density at radius 1 is 1.12 bits per heavy atom. The molecule has 1 aromatic carbocycles. The maximum atomic E-state index is 12.3. The smallest absolute Gasteiger partial charge is 0.261 e. The van der Waals surface area contributed by atoms with E-state index in [1.165, 1.54) is 12.1 Å². The van der Waals surface area contributed by atoms with Crippen LogP contribution in [-0.2, 0) is 9.59 Å². The minimum Gasteiger partial charge on any atom is -0.340 e. The zero-order valence-electron chi connectivity index (χ0n) is 13.4. The highest BCUT2D eigenvalue weighted by Crippen LogP contribution is 2.28. The molecule has 0 bridgehead atoms. The zero-order valence-corrected chi connectivity index (χ0v) is 14.9. The third-order valence-corrected chi connectivity index (χ3v) is 4.22. The lowest BCUT2D eigenvalue weighted by molar-refractivity contribution is -0.131. The van der Waals surface area contributed by atoms with E-state index >= 15 is 0 Å². The van der Waals surface area contributed by atoms with Gasteiger partial charge in [0.05, 0.1) is 10.6 Å². The van der Waals surface area contributed by atoms with Crippen molar-refractivity contribution in [3.63, 3.8) is 0 Å². The number of hydrogen-bond donors (Lipinski definition) is 3. The number of hydrogen-bond acceptors (Lipinski definition) is 3. The number of amides is 3. The molecule has 24 heavy (non-hydrogen) atoms. The monoisotopic (exact) mass is 371 g/mol. The fourth-order valence-corrected chi connectivity index (χ4v) is 2.57. The molecule has 0 unspecified atom stereocenters. The molecule has 1 fully saturated rings. The van der Waals surface area contributed by atoms with Crippen LogP contribution in [0.25, 0.3) is 0 Å². The third-order valence-electron chi connectivity index (χ3n) is 3.67. The van der Waals surface area contributed by atoms with Crippen LogP contribution in [0.5, 0.6) is 0 Å². The molecular formula is C16H19Cl2N3O3. The van der Waals surface area contributed by atoms with Crippen LogP contribution in [0.3, 0.4) is 0 Å². The van der Waals surface area contributed by atoms with Gasteiger partial charge in [-0.3, -0.25) is 25.2 Å². The predicted molar refractivity (Wildman–Crippen MR) is 91.6 cm³/mol. The summed E-state index contributed by atoms with van der Waals surface area (Å²) in [4.78, 5) is 36.2. The maximum absolute atomic E-state index is 12.3. The normalized spacial score (nSPS) is 14.9. The van der Waals surface area contributed by atoms with E-state index in [0.717, 1.165) is 12.8 Å². The van der Waals surface area contributed by atoms with E-state index in [9.17, 15) is 14.4 Å². The van der Waals surface area contributed by atoms with Crippen LogP contribution in [0.4, 0.5) is 0 Å². The quantitative estimate of drug-likeness (QED) is 0.694. The molecule has 0 heterocycles. The van der Waals surface area contributed by atoms with Gasteiger partial charge in [0, 0.05) is 10.9 Å². The van der Waals surface area contributed by atoms with Crippen molar-refractivity contribution in [2.45, 2.75) is 32.7 Å². The first kappa shape index (κ1) is 18.5. The maximum Gasteiger partial charge on any atom is 0.261 e. The average molecular weight is 372 g/mol. The summed E-state index contributed by atoms with van der Waals surface area (Å²) in [6.07, 6.45) is 1.67. The first-order valence-electron chi connectivity index (χ1n) is 7.65. The van der Waals surface area contributed by atoms with Gasteiger partial charge >= 0.3 is 0 Å². The Morgan fingerprint density at radius 3 is 2.33 bits per heavy atom. The van der Waals surface area contributed by atoms with Crippen molar-refractivity contribution < 1.29 is 14.4 Å². The number of benzene rings is 1. The molecular weight excluding hydrogens is 353 g/mol. The van der Waals surface area contributed by atoms with Crippen LogP contribution in [0.2, 0.25) is 10.0 Å². The van der Waals surface area contributed by atoms with E-state index in [2.05, 4.69) is 16.2 Å². The van der Waals surface area contributed by atoms with Crippen molar-refractivity contribution in [3.8, 4) is 0 Å². The van der Waals surface area contributed by atoms with E-state index < -0.39 is 17.9 Å². The van der Waals surface area contributed by atoms with Crippen LogP contribution in [0, 0.1) is 11.8 Å². The number of carbonyl (C=O) groups excluding carboxylic acids is 3. The predicted octanol–water partition coefficient (Wildman–Crippen LogP) is 2.31. The lowest BCUT2D eigenvalue weighted by Gasteiger charge is -2.22. The third kappa shape index (κ3) is 4.85. The molecule has 0 aromatic heterocycles. The Balaban J connectivity index is 1.99. The summed E-state index contributed by atoms with van der Waals surface area (Å²) < 4.78 is 0. The summed E-state index contributed by atoms with van der Waals surface area (Å²) in [6.45, 7) is 3.58. The Labute approximate surface area is 150 Å². The molecule has 1 aliphatic carbocycles. The largest absolute Gasteiger partial charge is 0.340 e. The van der Waals surface area contributed by atoms with Crippen molar-refractivity contribution >= 4 is 40.9 Å². The minimum absolute atomic E-state index is 0.0229. The molecule has 0 aliphatic heterocycles. The molecule has 2 rings (SSSR count). The Kier molecular flexibility index (Phi) is 6.07. The number of nitrogens with one attached hydrogen (secondary N) is 3. The molecule has 0 radical (unpaired) electrons. The molecule has 3 N–H and O–H groups in total. The lowest BCUT2D eigenvalue weighted by Crippen LogP contribution is -2.54. The van der Waals surface area contributed by atoms with E-state index in [1.807, 2.05) is 0 Å². The van der Waals surface area contributed by atoms with Gasteiger partial charge < -0.3 is 5.32 Å². The van der Waals surface area contributed by atoms with Gasteiger partial charge in [0.1, 0.15) is 6.04 Å². The fourth-order valence-electron chi connectivity index (χ4n) is 2.08. The van der Waals surface area contributed by atoms with Crippen LogP contribution in [-0.4, -0.2) is 23.8 Å². The highest BCUT2D eigenvalue weighted by Gasteiger charge is 2.31. The van der Waals surface area contributed by atoms with Crippen LogP contribution >= 0.6 is 23.2 Å². The first-order chi connectivity index (χ1) is 11.3. The number of hydrazine groups is 1. The summed E-state index contributed by atoms with van der Waals surface area (Å²) in [5.74, 6) is -1.39. The van der Waals surface area contributed by atoms with Crippen LogP contribution < -0.4 is 16.2 Å². The second-order valence-electron chi connectivity index (χ2n) is 6.07. The van der Waals surface area contributed by atoms with E-state index in [1.54, 1.807) is 19.9 Å². The molecule has 1 aromatic rings. The molecule has 130 valence electrons. The second kappa shape index (κ2) is 7.85. The zero-order chi connectivity index (χ0) is 17.9. The van der Waals surface area contributed by atoms with Gasteiger partial charge in [-0.05, 0) is 37.0 Å². The molecule has 1 aliphatic rings. The standard InChI is InChI=1S/C16H19Cl2N3O3/c1-8(2)13(16(24)21-20-14(22)9-3-4-9)19-15(23)11-6-5-10(17)7-12(11)18/h5-9,13H,3-4H2,1-2H3,(H,19,23)(H,20,22)(H,21,24)/t13-/m1/s1. The van der Waals surface area contributed by atoms with Crippen molar-refractivity contribution in [3.05, 3.63) is 33.8 Å². The van der Waals surface area contributed by atoms with Crippen molar-refractivity contribution in [1.82, 2.24) is 16.2 Å². The summed E-state index contributed by atoms with van der Waals surface area (Å²) in [5, 5.41) is 3.24. The highest BCUT2D eigenvalue weighted by atomic mass is 35.5. The van der Waals surface area contributed by atoms with Gasteiger partial charge in [0.15, 0.2) is 0 Å². The van der Waals surface area contributed by atoms with Gasteiger partial charge in [-0.25, -0.2) is 0 Å². The van der Waals surface area contributed by atoms with Gasteiger partial charge in [0.25, 0.3) is 11.8 Å². The Hall–Kier alpha value is -1.79. The highest BCUT2D eigenvalue weighted by molar-refractivity contribution is 6.36. The number of halogens is 2. The van der Waals surface area contributed by atoms with Crippen molar-refractivity contribution in [2.24, 2.45) is 11.8 Å². The van der Waals surface area contributed by atoms with Crippen molar-refractivity contribution in [2.75, 3.05) is 0 Å². The Morgan fingerprint density at radius 2 is 1.79 bits per heavy atom. The topological polar surface area (TPSA) is 87.3 Å². The SMILES string of the molecule is CC(C)[C@@H](NC(=O)c1ccc(Cl)cc1Cl)C(=O)NNC(=O)C1CC1. The van der Waals surface area contributed by atoms with E-state index in [0.29, 0.717) is 5.02 Å². The summed E-state index contributed by atoms with van der Waals surface area (Å²) >= 11 is 11.8. The molecule has 1 atom stereocenters. The van der Waals surface area contributed by atoms with E-state index in [4.69, 9.17) is 23.2 Å². The van der Waals surface area contributed by atoms with Gasteiger partial charge in [-0.2, -0.15) is 0 Å². The van der Waals surface area contributed by atoms with Gasteiger partial charge in [-0.1, -0.05) is 37.0 Å². The molecule has 8 heteroatoms. The molecule has 6 nitrogen and oxygen atoms in total. The summed E-state index contributed by atoms with van der Waals surface area (Å²) in [5.41, 5.74) is 4.96. The summed E-state index contributed by atoms with van der Waals surface area (Å²) in [7, 11) is 0. The molecule has 1 saturated carbocycles. The van der Waals surface area contributed by atoms with E-state index in [-0.39, 0.29) is 28.3 Å². The first-order valence-corrected chi connectivity index (χ1v) is 8.40. The van der Waals surface area contributed by atoms with Crippen molar-refractivity contribution in [1.29, 1.82) is 0 Å². The average Bonchev–Trinajstić information content (AvgIpc) is 3.34. The molecule has 0 spiro atoms. The minimum atomic E-state index is -0.816.